The molecule has 3 N–H and O–H groups in total. The molecule has 2 aromatic rings. The van der Waals surface area contributed by atoms with E-state index in [0.29, 0.717) is 33.8 Å². The van der Waals surface area contributed by atoms with E-state index in [0.717, 1.165) is 0 Å². The Morgan fingerprint density at radius 1 is 1.42 bits per heavy atom. The highest BCUT2D eigenvalue weighted by molar-refractivity contribution is 6.43. The molecule has 0 aliphatic heterocycles. The van der Waals surface area contributed by atoms with Crippen molar-refractivity contribution in [1.82, 2.24) is 14.9 Å². The second-order valence-corrected chi connectivity index (χ2v) is 4.46. The second kappa shape index (κ2) is 5.90. The zero-order valence-corrected chi connectivity index (χ0v) is 11.7. The summed E-state index contributed by atoms with van der Waals surface area (Å²) in [6.07, 6.45) is 2.23. The molecule has 0 bridgehead atoms. The molecule has 0 amide bonds. The normalized spacial score (nSPS) is 11.1. The Balaban J connectivity index is 2.11. The SMILES string of the molecule is CCc1nnc(NN=Cc2cccc(Cl)c2Cl)n1N. The van der Waals surface area contributed by atoms with Crippen LogP contribution >= 0.6 is 23.2 Å². The van der Waals surface area contributed by atoms with Gasteiger partial charge in [-0.15, -0.1) is 10.2 Å². The molecule has 0 saturated heterocycles. The lowest BCUT2D eigenvalue weighted by molar-refractivity contribution is 0.855. The molecule has 1 heterocycles. The van der Waals surface area contributed by atoms with Gasteiger partial charge >= 0.3 is 0 Å². The van der Waals surface area contributed by atoms with Crippen LogP contribution in [-0.4, -0.2) is 21.1 Å². The van der Waals surface area contributed by atoms with Crippen molar-refractivity contribution in [2.45, 2.75) is 13.3 Å². The fraction of sp³-hybridized carbons (Fsp3) is 0.182. The van der Waals surface area contributed by atoms with Crippen molar-refractivity contribution in [1.29, 1.82) is 0 Å². The van der Waals surface area contributed by atoms with Crippen LogP contribution in [0.4, 0.5) is 5.95 Å². The number of anilines is 1. The molecule has 1 aromatic heterocycles. The first-order chi connectivity index (χ1) is 9.13. The van der Waals surface area contributed by atoms with Gasteiger partial charge in [0.15, 0.2) is 5.82 Å². The molecule has 0 radical (unpaired) electrons. The minimum atomic E-state index is 0.353. The average Bonchev–Trinajstić information content (AvgIpc) is 2.75. The third kappa shape index (κ3) is 2.97. The van der Waals surface area contributed by atoms with Crippen LogP contribution in [-0.2, 0) is 6.42 Å². The van der Waals surface area contributed by atoms with E-state index < -0.39 is 0 Å². The highest BCUT2D eigenvalue weighted by Crippen LogP contribution is 2.24. The van der Waals surface area contributed by atoms with Crippen molar-refractivity contribution in [2.24, 2.45) is 5.10 Å². The molecule has 19 heavy (non-hydrogen) atoms. The van der Waals surface area contributed by atoms with Gasteiger partial charge in [0.25, 0.3) is 5.95 Å². The van der Waals surface area contributed by atoms with Crippen molar-refractivity contribution < 1.29 is 0 Å². The molecular formula is C11H12Cl2N6. The first kappa shape index (κ1) is 13.6. The number of nitrogen functional groups attached to an aromatic ring is 1. The van der Waals surface area contributed by atoms with E-state index in [1.807, 2.05) is 6.92 Å². The van der Waals surface area contributed by atoms with E-state index >= 15 is 0 Å². The number of benzene rings is 1. The second-order valence-electron chi connectivity index (χ2n) is 3.68. The topological polar surface area (TPSA) is 81.1 Å². The van der Waals surface area contributed by atoms with E-state index in [1.54, 1.807) is 18.2 Å². The number of halogens is 2. The number of hydrogen-bond donors (Lipinski definition) is 2. The molecule has 100 valence electrons. The zero-order chi connectivity index (χ0) is 13.8. The van der Waals surface area contributed by atoms with Gasteiger partial charge in [-0.05, 0) is 6.07 Å². The monoisotopic (exact) mass is 298 g/mol. The summed E-state index contributed by atoms with van der Waals surface area (Å²) < 4.78 is 1.34. The van der Waals surface area contributed by atoms with E-state index in [4.69, 9.17) is 29.0 Å². The molecule has 0 spiro atoms. The number of aromatic nitrogens is 3. The zero-order valence-electron chi connectivity index (χ0n) is 10.1. The molecule has 0 saturated carbocycles. The van der Waals surface area contributed by atoms with Gasteiger partial charge in [-0.3, -0.25) is 0 Å². The third-order valence-corrected chi connectivity index (χ3v) is 3.27. The summed E-state index contributed by atoms with van der Waals surface area (Å²) in [4.78, 5) is 0. The van der Waals surface area contributed by atoms with Gasteiger partial charge in [0.1, 0.15) is 0 Å². The average molecular weight is 299 g/mol. The van der Waals surface area contributed by atoms with E-state index in [9.17, 15) is 0 Å². The number of hydrogen-bond acceptors (Lipinski definition) is 5. The van der Waals surface area contributed by atoms with E-state index in [-0.39, 0.29) is 0 Å². The van der Waals surface area contributed by atoms with E-state index in [1.165, 1.54) is 10.9 Å². The molecule has 0 aliphatic carbocycles. The van der Waals surface area contributed by atoms with Crippen molar-refractivity contribution >= 4 is 35.4 Å². The van der Waals surface area contributed by atoms with Crippen LogP contribution in [0.5, 0.6) is 0 Å². The number of aryl methyl sites for hydroxylation is 1. The first-order valence-electron chi connectivity index (χ1n) is 5.56. The molecular weight excluding hydrogens is 287 g/mol. The largest absolute Gasteiger partial charge is 0.335 e. The van der Waals surface area contributed by atoms with Gasteiger partial charge in [0.05, 0.1) is 16.3 Å². The summed E-state index contributed by atoms with van der Waals surface area (Å²) in [7, 11) is 0. The van der Waals surface area contributed by atoms with Gasteiger partial charge in [0, 0.05) is 12.0 Å². The quantitative estimate of drug-likeness (QED) is 0.515. The number of nitrogens with one attached hydrogen (secondary N) is 1. The maximum absolute atomic E-state index is 6.02. The van der Waals surface area contributed by atoms with Gasteiger partial charge in [-0.2, -0.15) is 5.10 Å². The van der Waals surface area contributed by atoms with Crippen molar-refractivity contribution in [3.8, 4) is 0 Å². The summed E-state index contributed by atoms with van der Waals surface area (Å²) in [6, 6.07) is 5.29. The summed E-state index contributed by atoms with van der Waals surface area (Å²) in [5, 5.41) is 12.7. The highest BCUT2D eigenvalue weighted by atomic mass is 35.5. The minimum Gasteiger partial charge on any atom is -0.335 e. The Morgan fingerprint density at radius 2 is 2.21 bits per heavy atom. The molecule has 6 nitrogen and oxygen atoms in total. The number of nitrogens with zero attached hydrogens (tertiary/aromatic N) is 4. The van der Waals surface area contributed by atoms with Crippen LogP contribution in [0, 0.1) is 0 Å². The van der Waals surface area contributed by atoms with Crippen molar-refractivity contribution in [3.63, 3.8) is 0 Å². The molecule has 0 unspecified atom stereocenters. The molecule has 0 aliphatic rings. The smallest absolute Gasteiger partial charge is 0.263 e. The molecule has 0 fully saturated rings. The first-order valence-corrected chi connectivity index (χ1v) is 6.31. The third-order valence-electron chi connectivity index (χ3n) is 2.43. The van der Waals surface area contributed by atoms with Crippen molar-refractivity contribution in [3.05, 3.63) is 39.6 Å². The molecule has 1 aromatic carbocycles. The summed E-state index contributed by atoms with van der Waals surface area (Å²) in [5.74, 6) is 6.77. The fourth-order valence-electron chi connectivity index (χ4n) is 1.42. The van der Waals surface area contributed by atoms with Crippen LogP contribution in [0.1, 0.15) is 18.3 Å². The fourth-order valence-corrected chi connectivity index (χ4v) is 1.78. The lowest BCUT2D eigenvalue weighted by Gasteiger charge is -2.01. The molecule has 8 heteroatoms. The minimum absolute atomic E-state index is 0.353. The Labute approximate surface area is 120 Å². The summed E-state index contributed by atoms with van der Waals surface area (Å²) >= 11 is 11.9. The Bertz CT molecular complexity index is 607. The Hall–Kier alpha value is -1.79. The van der Waals surface area contributed by atoms with Crippen LogP contribution in [0.25, 0.3) is 0 Å². The summed E-state index contributed by atoms with van der Waals surface area (Å²) in [6.45, 7) is 1.94. The Morgan fingerprint density at radius 3 is 2.89 bits per heavy atom. The Kier molecular flexibility index (Phi) is 4.24. The maximum atomic E-state index is 6.02. The number of hydrazone groups is 1. The van der Waals surface area contributed by atoms with Crippen LogP contribution in [0.3, 0.4) is 0 Å². The number of rotatable bonds is 4. The predicted octanol–water partition coefficient (Wildman–Crippen LogP) is 2.31. The van der Waals surface area contributed by atoms with Gasteiger partial charge in [-0.1, -0.05) is 42.3 Å². The highest BCUT2D eigenvalue weighted by Gasteiger charge is 2.06. The van der Waals surface area contributed by atoms with Gasteiger partial charge < -0.3 is 5.84 Å². The lowest BCUT2D eigenvalue weighted by Crippen LogP contribution is -2.14. The van der Waals surface area contributed by atoms with Crippen LogP contribution < -0.4 is 11.3 Å². The summed E-state index contributed by atoms with van der Waals surface area (Å²) in [5.41, 5.74) is 3.39. The molecule has 2 rings (SSSR count). The van der Waals surface area contributed by atoms with Crippen LogP contribution in [0.15, 0.2) is 23.3 Å². The predicted molar refractivity (Wildman–Crippen MR) is 77.2 cm³/mol. The van der Waals surface area contributed by atoms with Crippen LogP contribution in [0.2, 0.25) is 10.0 Å². The maximum Gasteiger partial charge on any atom is 0.263 e. The van der Waals surface area contributed by atoms with Crippen molar-refractivity contribution in [2.75, 3.05) is 11.3 Å². The molecule has 0 atom stereocenters. The van der Waals surface area contributed by atoms with Gasteiger partial charge in [0.2, 0.25) is 0 Å². The lowest BCUT2D eigenvalue weighted by atomic mass is 10.2. The van der Waals surface area contributed by atoms with E-state index in [2.05, 4.69) is 20.7 Å². The standard InChI is InChI=1S/C11H12Cl2N6/c1-2-9-16-18-11(19(9)14)17-15-6-7-4-3-5-8(12)10(7)13/h3-6H,2,14H2,1H3,(H,17,18). The number of nitrogens with two attached hydrogens (primary N) is 1. The van der Waals surface area contributed by atoms with Gasteiger partial charge in [-0.25, -0.2) is 10.1 Å².